The molecule has 5 rings (SSSR count). The van der Waals surface area contributed by atoms with Crippen LogP contribution >= 0.6 is 0 Å². The van der Waals surface area contributed by atoms with Crippen molar-refractivity contribution >= 4 is 17.8 Å². The van der Waals surface area contributed by atoms with Gasteiger partial charge in [-0.25, -0.2) is 15.0 Å². The fourth-order valence-electron chi connectivity index (χ4n) is 5.21. The predicted molar refractivity (Wildman–Crippen MR) is 126 cm³/mol. The summed E-state index contributed by atoms with van der Waals surface area (Å²) in [5.74, 6) is 1.46. The van der Waals surface area contributed by atoms with Crippen molar-refractivity contribution in [3.05, 3.63) is 48.9 Å². The number of rotatable bonds is 5. The molecule has 2 aromatic heterocycles. The maximum absolute atomic E-state index is 12.1. The van der Waals surface area contributed by atoms with Crippen LogP contribution in [-0.4, -0.2) is 51.4 Å². The Morgan fingerprint density at radius 3 is 2.44 bits per heavy atom. The highest BCUT2D eigenvalue weighted by atomic mass is 16.1. The Hall–Kier alpha value is -3.35. The molecule has 0 bridgehead atoms. The smallest absolute Gasteiger partial charge is 0.182 e. The summed E-state index contributed by atoms with van der Waals surface area (Å²) in [6.07, 6.45) is 11.9. The molecule has 0 saturated heterocycles. The Balaban J connectivity index is 1.66. The zero-order chi connectivity index (χ0) is 22.1. The molecule has 7 nitrogen and oxygen atoms in total. The molecule has 1 aliphatic carbocycles. The van der Waals surface area contributed by atoms with Gasteiger partial charge in [0.1, 0.15) is 18.0 Å². The number of carbonyl (C=O) groups excluding carboxylic acids is 1. The summed E-state index contributed by atoms with van der Waals surface area (Å²) in [7, 11) is 1.97. The first-order chi connectivity index (χ1) is 15.7. The van der Waals surface area contributed by atoms with Crippen molar-refractivity contribution < 1.29 is 4.79 Å². The topological polar surface area (TPSA) is 75.1 Å². The molecule has 0 N–H and O–H groups in total. The fraction of sp³-hybridized carbons (Fsp3) is 0.400. The number of likely N-dealkylation sites (N-methyl/N-ethyl adjacent to an activating group) is 1. The van der Waals surface area contributed by atoms with Crippen LogP contribution in [-0.2, 0) is 4.79 Å². The Kier molecular flexibility index (Phi) is 5.55. The number of carbonyl (C=O) groups is 1. The van der Waals surface area contributed by atoms with E-state index in [4.69, 9.17) is 4.98 Å². The van der Waals surface area contributed by atoms with Crippen molar-refractivity contribution in [3.63, 3.8) is 0 Å². The van der Waals surface area contributed by atoms with Crippen LogP contribution in [0.15, 0.2) is 48.9 Å². The standard InChI is InChI=1S/C25H28N6O/c1-3-19-21(16-32)30(2)20-15-28-24(29-25(20)31(19)18-11-7-8-12-18)23-22(26-13-14-27-23)17-9-5-4-6-10-17/h4-6,9-10,13-16,18-19,21H,3,7-8,11-12H2,1-2H3. The molecule has 1 aliphatic heterocycles. The summed E-state index contributed by atoms with van der Waals surface area (Å²) in [5.41, 5.74) is 3.31. The normalized spacial score (nSPS) is 20.9. The Morgan fingerprint density at radius 2 is 1.75 bits per heavy atom. The molecule has 0 amide bonds. The second-order valence-electron chi connectivity index (χ2n) is 8.58. The molecule has 1 saturated carbocycles. The van der Waals surface area contributed by atoms with Gasteiger partial charge in [-0.15, -0.1) is 0 Å². The summed E-state index contributed by atoms with van der Waals surface area (Å²) in [5, 5.41) is 0. The third kappa shape index (κ3) is 3.42. The molecule has 7 heteroatoms. The molecular formula is C25H28N6O. The minimum absolute atomic E-state index is 0.0892. The van der Waals surface area contributed by atoms with Crippen LogP contribution in [0.2, 0.25) is 0 Å². The van der Waals surface area contributed by atoms with Gasteiger partial charge in [0.25, 0.3) is 0 Å². The first kappa shape index (κ1) is 20.5. The number of aldehydes is 1. The van der Waals surface area contributed by atoms with Gasteiger partial charge in [0.2, 0.25) is 0 Å². The van der Waals surface area contributed by atoms with Crippen LogP contribution in [0.25, 0.3) is 22.8 Å². The van der Waals surface area contributed by atoms with Gasteiger partial charge in [0.15, 0.2) is 11.6 Å². The lowest BCUT2D eigenvalue weighted by Crippen LogP contribution is -2.58. The lowest BCUT2D eigenvalue weighted by molar-refractivity contribution is -0.109. The lowest BCUT2D eigenvalue weighted by atomic mass is 9.96. The van der Waals surface area contributed by atoms with Gasteiger partial charge in [0.05, 0.1) is 23.6 Å². The average molecular weight is 429 g/mol. The van der Waals surface area contributed by atoms with Gasteiger partial charge in [0, 0.05) is 31.0 Å². The number of nitrogens with zero attached hydrogens (tertiary/aromatic N) is 6. The van der Waals surface area contributed by atoms with E-state index in [0.717, 1.165) is 48.3 Å². The van der Waals surface area contributed by atoms with Crippen LogP contribution in [0.5, 0.6) is 0 Å². The molecule has 3 heterocycles. The number of benzene rings is 1. The summed E-state index contributed by atoms with van der Waals surface area (Å²) >= 11 is 0. The van der Waals surface area contributed by atoms with Gasteiger partial charge in [-0.05, 0) is 19.3 Å². The predicted octanol–water partition coefficient (Wildman–Crippen LogP) is 4.15. The van der Waals surface area contributed by atoms with Gasteiger partial charge >= 0.3 is 0 Å². The van der Waals surface area contributed by atoms with Crippen molar-refractivity contribution in [2.24, 2.45) is 0 Å². The van der Waals surface area contributed by atoms with E-state index in [-0.39, 0.29) is 12.1 Å². The van der Waals surface area contributed by atoms with Crippen molar-refractivity contribution in [2.45, 2.75) is 57.2 Å². The van der Waals surface area contributed by atoms with E-state index in [0.29, 0.717) is 17.6 Å². The third-order valence-electron chi connectivity index (χ3n) is 6.81. The fourth-order valence-corrected chi connectivity index (χ4v) is 5.21. The molecule has 1 fully saturated rings. The molecule has 32 heavy (non-hydrogen) atoms. The third-order valence-corrected chi connectivity index (χ3v) is 6.81. The number of aromatic nitrogens is 4. The van der Waals surface area contributed by atoms with E-state index in [2.05, 4.69) is 26.8 Å². The summed E-state index contributed by atoms with van der Waals surface area (Å²) in [6.45, 7) is 2.15. The summed E-state index contributed by atoms with van der Waals surface area (Å²) in [6, 6.07) is 10.3. The second kappa shape index (κ2) is 8.65. The first-order valence-corrected chi connectivity index (χ1v) is 11.4. The molecule has 0 radical (unpaired) electrons. The van der Waals surface area contributed by atoms with E-state index >= 15 is 0 Å². The zero-order valence-electron chi connectivity index (χ0n) is 18.6. The summed E-state index contributed by atoms with van der Waals surface area (Å²) in [4.78, 5) is 35.5. The highest BCUT2D eigenvalue weighted by Gasteiger charge is 2.41. The molecule has 3 aromatic rings. The number of fused-ring (bicyclic) bond motifs is 1. The Morgan fingerprint density at radius 1 is 1.03 bits per heavy atom. The van der Waals surface area contributed by atoms with E-state index in [1.54, 1.807) is 12.4 Å². The number of hydrogen-bond acceptors (Lipinski definition) is 7. The second-order valence-corrected chi connectivity index (χ2v) is 8.58. The molecule has 164 valence electrons. The maximum Gasteiger partial charge on any atom is 0.182 e. The highest BCUT2D eigenvalue weighted by Crippen LogP contribution is 2.42. The molecule has 1 aromatic carbocycles. The van der Waals surface area contributed by atoms with Crippen LogP contribution in [0.3, 0.4) is 0 Å². The summed E-state index contributed by atoms with van der Waals surface area (Å²) < 4.78 is 0. The van der Waals surface area contributed by atoms with Crippen LogP contribution in [0.1, 0.15) is 39.0 Å². The van der Waals surface area contributed by atoms with Crippen molar-refractivity contribution in [3.8, 4) is 22.8 Å². The average Bonchev–Trinajstić information content (AvgIpc) is 3.38. The van der Waals surface area contributed by atoms with Crippen molar-refractivity contribution in [1.29, 1.82) is 0 Å². The lowest BCUT2D eigenvalue weighted by Gasteiger charge is -2.48. The van der Waals surface area contributed by atoms with E-state index in [1.807, 2.05) is 48.5 Å². The maximum atomic E-state index is 12.1. The van der Waals surface area contributed by atoms with Crippen molar-refractivity contribution in [2.75, 3.05) is 16.8 Å². The van der Waals surface area contributed by atoms with Gasteiger partial charge in [-0.1, -0.05) is 50.1 Å². The minimum atomic E-state index is -0.209. The highest BCUT2D eigenvalue weighted by molar-refractivity contribution is 5.81. The SMILES string of the molecule is CCC1C(C=O)N(C)c2cnc(-c3nccnc3-c3ccccc3)nc2N1C1CCCC1. The first-order valence-electron chi connectivity index (χ1n) is 11.4. The van der Waals surface area contributed by atoms with Gasteiger partial charge < -0.3 is 14.6 Å². The van der Waals surface area contributed by atoms with E-state index < -0.39 is 0 Å². The van der Waals surface area contributed by atoms with E-state index in [1.165, 1.54) is 12.8 Å². The Labute approximate surface area is 188 Å². The molecule has 2 atom stereocenters. The van der Waals surface area contributed by atoms with Crippen LogP contribution in [0, 0.1) is 0 Å². The van der Waals surface area contributed by atoms with Gasteiger partial charge in [-0.2, -0.15) is 0 Å². The number of hydrogen-bond donors (Lipinski definition) is 0. The minimum Gasteiger partial charge on any atom is -0.359 e. The number of anilines is 2. The molecule has 2 unspecified atom stereocenters. The quantitative estimate of drug-likeness (QED) is 0.565. The molecule has 2 aliphatic rings. The largest absolute Gasteiger partial charge is 0.359 e. The van der Waals surface area contributed by atoms with Crippen LogP contribution in [0.4, 0.5) is 11.5 Å². The monoisotopic (exact) mass is 428 g/mol. The molecule has 0 spiro atoms. The van der Waals surface area contributed by atoms with E-state index in [9.17, 15) is 4.79 Å². The van der Waals surface area contributed by atoms with Gasteiger partial charge in [-0.3, -0.25) is 4.98 Å². The Bertz CT molecular complexity index is 1100. The van der Waals surface area contributed by atoms with Crippen LogP contribution < -0.4 is 9.80 Å². The molecular weight excluding hydrogens is 400 g/mol. The van der Waals surface area contributed by atoms with Crippen molar-refractivity contribution in [1.82, 2.24) is 19.9 Å². The zero-order valence-corrected chi connectivity index (χ0v) is 18.6.